The van der Waals surface area contributed by atoms with E-state index in [0.29, 0.717) is 13.0 Å². The molecule has 45 heavy (non-hydrogen) atoms. The van der Waals surface area contributed by atoms with Gasteiger partial charge in [-0.1, -0.05) is 68.2 Å². The van der Waals surface area contributed by atoms with Crippen molar-refractivity contribution >= 4 is 29.5 Å². The fourth-order valence-electron chi connectivity index (χ4n) is 6.59. The van der Waals surface area contributed by atoms with E-state index >= 15 is 0 Å². The Labute approximate surface area is 263 Å². The minimum Gasteiger partial charge on any atom is -0.493 e. The molecule has 1 unspecified atom stereocenters. The highest BCUT2D eigenvalue weighted by Crippen LogP contribution is 2.65. The molecule has 2 saturated carbocycles. The van der Waals surface area contributed by atoms with Crippen molar-refractivity contribution in [3.8, 4) is 5.88 Å². The van der Waals surface area contributed by atoms with Crippen molar-refractivity contribution in [2.24, 2.45) is 39.7 Å². The Morgan fingerprint density at radius 2 is 1.67 bits per heavy atom. The molecule has 3 aliphatic rings. The summed E-state index contributed by atoms with van der Waals surface area (Å²) in [5.41, 5.74) is 3.25. The van der Waals surface area contributed by atoms with E-state index in [-0.39, 0.29) is 35.6 Å². The second kappa shape index (κ2) is 11.8. The van der Waals surface area contributed by atoms with Crippen molar-refractivity contribution in [1.29, 1.82) is 0 Å². The van der Waals surface area contributed by atoms with Crippen molar-refractivity contribution < 1.29 is 29.1 Å². The number of hydrogen-bond donors (Lipinski definition) is 6. The Hall–Kier alpha value is -3.84. The number of nitrogens with two attached hydrogens (primary N) is 1. The number of nitrogens with one attached hydrogen (secondary N) is 4. The lowest BCUT2D eigenvalue weighted by atomic mass is 9.85. The number of ketones is 1. The number of piperidine rings is 1. The summed E-state index contributed by atoms with van der Waals surface area (Å²) in [7, 11) is 0. The van der Waals surface area contributed by atoms with Gasteiger partial charge in [0.05, 0.1) is 24.8 Å². The Morgan fingerprint density at radius 3 is 2.16 bits per heavy atom. The number of carbonyl (C=O) groups excluding carboxylic acids is 5. The highest BCUT2D eigenvalue weighted by atomic mass is 16.3. The third kappa shape index (κ3) is 7.19. The van der Waals surface area contributed by atoms with Gasteiger partial charge in [-0.25, -0.2) is 9.59 Å². The third-order valence-electron chi connectivity index (χ3n) is 9.85. The second-order valence-electron chi connectivity index (χ2n) is 15.8. The highest BCUT2D eigenvalue weighted by Gasteiger charge is 2.70. The molecular formula is C31H49N7O7. The van der Waals surface area contributed by atoms with E-state index in [1.54, 1.807) is 0 Å². The fourth-order valence-corrected chi connectivity index (χ4v) is 6.59. The largest absolute Gasteiger partial charge is 0.493 e. The summed E-state index contributed by atoms with van der Waals surface area (Å²) < 4.78 is 1.11. The van der Waals surface area contributed by atoms with Crippen LogP contribution in [0.3, 0.4) is 0 Å². The monoisotopic (exact) mass is 631 g/mol. The number of nitrogens with zero attached hydrogens (tertiary/aromatic N) is 2. The van der Waals surface area contributed by atoms with Crippen molar-refractivity contribution in [2.45, 2.75) is 105 Å². The molecule has 250 valence electrons. The van der Waals surface area contributed by atoms with Crippen molar-refractivity contribution in [2.75, 3.05) is 6.54 Å². The van der Waals surface area contributed by atoms with E-state index < -0.39 is 70.2 Å². The standard InChI is InChI=1S/C31H49N7O7/c1-29(2,3)18(14-37-19(39)12-33-28(37)45)35-27(44)36-23(30(4,5)6)26(43)38-13-16-20(31(16,7)8)21(38)25(42)34-17(11-15-9-10-15)22(40)24(32)41/h12,15-18,20-21,23,39H,9-11,13-14H2,1-8H3,(H2,32,41)(H,33,45)(H,34,42)(H2,35,36,44)/t16-,17?,18+,20-,21-,23+/m0/s1. The smallest absolute Gasteiger partial charge is 0.328 e. The van der Waals surface area contributed by atoms with Crippen LogP contribution in [-0.2, 0) is 25.7 Å². The van der Waals surface area contributed by atoms with Gasteiger partial charge in [-0.2, -0.15) is 0 Å². The lowest BCUT2D eigenvalue weighted by Crippen LogP contribution is -2.62. The molecule has 2 aliphatic carbocycles. The summed E-state index contributed by atoms with van der Waals surface area (Å²) in [6.07, 6.45) is 3.30. The number of primary amides is 1. The van der Waals surface area contributed by atoms with Gasteiger partial charge >= 0.3 is 11.7 Å². The van der Waals surface area contributed by atoms with Gasteiger partial charge in [0, 0.05) is 6.54 Å². The number of amides is 5. The number of likely N-dealkylation sites (tertiary alicyclic amines) is 1. The Bertz CT molecular complexity index is 1410. The topological polar surface area (TPSA) is 209 Å². The average molecular weight is 632 g/mol. The quantitative estimate of drug-likeness (QED) is 0.194. The number of hydrogen-bond acceptors (Lipinski definition) is 7. The summed E-state index contributed by atoms with van der Waals surface area (Å²) in [4.78, 5) is 81.9. The van der Waals surface area contributed by atoms with Crippen molar-refractivity contribution in [3.63, 3.8) is 0 Å². The molecule has 6 atom stereocenters. The Kier molecular flexibility index (Phi) is 8.95. The third-order valence-corrected chi connectivity index (χ3v) is 9.85. The van der Waals surface area contributed by atoms with E-state index in [1.807, 2.05) is 55.4 Å². The summed E-state index contributed by atoms with van der Waals surface area (Å²) >= 11 is 0. The Balaban J connectivity index is 1.54. The van der Waals surface area contributed by atoms with Crippen LogP contribution in [0, 0.1) is 34.0 Å². The number of aromatic hydroxyl groups is 1. The van der Waals surface area contributed by atoms with Crippen LogP contribution < -0.4 is 27.4 Å². The maximum absolute atomic E-state index is 14.2. The molecule has 1 aliphatic heterocycles. The molecule has 5 amide bonds. The number of urea groups is 1. The van der Waals surface area contributed by atoms with Gasteiger partial charge in [0.15, 0.2) is 0 Å². The lowest BCUT2D eigenvalue weighted by Gasteiger charge is -2.38. The number of aromatic amines is 1. The second-order valence-corrected chi connectivity index (χ2v) is 15.8. The zero-order chi connectivity index (χ0) is 33.8. The van der Waals surface area contributed by atoms with E-state index in [0.717, 1.165) is 17.4 Å². The van der Waals surface area contributed by atoms with Crippen LogP contribution in [0.25, 0.3) is 0 Å². The Morgan fingerprint density at radius 1 is 1.04 bits per heavy atom. The van der Waals surface area contributed by atoms with Crippen LogP contribution >= 0.6 is 0 Å². The fraction of sp³-hybridized carbons (Fsp3) is 0.742. The van der Waals surface area contributed by atoms with Crippen molar-refractivity contribution in [3.05, 3.63) is 16.7 Å². The predicted octanol–water partition coefficient (Wildman–Crippen LogP) is 0.833. The van der Waals surface area contributed by atoms with Gasteiger partial charge in [0.25, 0.3) is 5.91 Å². The number of imidazole rings is 1. The number of carbonyl (C=O) groups is 5. The molecule has 1 aromatic heterocycles. The first-order chi connectivity index (χ1) is 20.6. The minimum absolute atomic E-state index is 0.0158. The summed E-state index contributed by atoms with van der Waals surface area (Å²) in [6.45, 7) is 15.4. The van der Waals surface area contributed by atoms with Gasteiger partial charge in [-0.15, -0.1) is 0 Å². The van der Waals surface area contributed by atoms with Gasteiger partial charge < -0.3 is 36.7 Å². The van der Waals surface area contributed by atoms with Crippen molar-refractivity contribution in [1.82, 2.24) is 30.4 Å². The molecular weight excluding hydrogens is 582 g/mol. The molecule has 4 rings (SSSR count). The number of rotatable bonds is 11. The van der Waals surface area contributed by atoms with E-state index in [2.05, 4.69) is 20.9 Å². The molecule has 0 bridgehead atoms. The molecule has 1 saturated heterocycles. The van der Waals surface area contributed by atoms with E-state index in [9.17, 15) is 33.9 Å². The highest BCUT2D eigenvalue weighted by molar-refractivity contribution is 6.37. The van der Waals surface area contributed by atoms with E-state index in [4.69, 9.17) is 5.73 Å². The number of fused-ring (bicyclic) bond motifs is 1. The lowest BCUT2D eigenvalue weighted by molar-refractivity contribution is -0.145. The molecule has 0 radical (unpaired) electrons. The number of aromatic nitrogens is 2. The molecule has 7 N–H and O–H groups in total. The summed E-state index contributed by atoms with van der Waals surface area (Å²) in [6, 6.07) is -4.23. The minimum atomic E-state index is -1.11. The molecule has 14 heteroatoms. The predicted molar refractivity (Wildman–Crippen MR) is 165 cm³/mol. The first-order valence-corrected chi connectivity index (χ1v) is 15.6. The number of H-pyrrole nitrogens is 1. The van der Waals surface area contributed by atoms with Crippen LogP contribution in [0.5, 0.6) is 5.88 Å². The van der Waals surface area contributed by atoms with Crippen LogP contribution in [0.1, 0.15) is 74.7 Å². The number of Topliss-reactive ketones (excluding diaryl/α,β-unsaturated/α-hetero) is 1. The average Bonchev–Trinajstić information content (AvgIpc) is 3.72. The van der Waals surface area contributed by atoms with Gasteiger partial charge in [-0.3, -0.25) is 23.7 Å². The summed E-state index contributed by atoms with van der Waals surface area (Å²) in [5.74, 6) is -3.05. The first kappa shape index (κ1) is 34.0. The van der Waals surface area contributed by atoms with Crippen LogP contribution in [0.2, 0.25) is 0 Å². The van der Waals surface area contributed by atoms with Crippen LogP contribution in [-0.4, -0.2) is 79.8 Å². The van der Waals surface area contributed by atoms with Crippen LogP contribution in [0.15, 0.2) is 11.0 Å². The molecule has 14 nitrogen and oxygen atoms in total. The van der Waals surface area contributed by atoms with Crippen LogP contribution in [0.4, 0.5) is 4.79 Å². The van der Waals surface area contributed by atoms with Gasteiger partial charge in [-0.05, 0) is 40.4 Å². The molecule has 3 fully saturated rings. The zero-order valence-electron chi connectivity index (χ0n) is 27.5. The molecule has 0 aromatic carbocycles. The van der Waals surface area contributed by atoms with Gasteiger partial charge in [0.1, 0.15) is 12.1 Å². The molecule has 0 spiro atoms. The normalized spacial score (nSPS) is 24.2. The summed E-state index contributed by atoms with van der Waals surface area (Å²) in [5, 5.41) is 18.5. The SMILES string of the molecule is CC(C)(C)[C@H](NC(=O)N[C@H](Cn1c(O)c[nH]c1=O)C(C)(C)C)C(=O)N1C[C@H]2[C@@H]([C@H]1C(=O)NC(CC1CC1)C(=O)C(N)=O)C2(C)C. The van der Waals surface area contributed by atoms with E-state index in [1.165, 1.54) is 11.1 Å². The molecule has 1 aromatic rings. The zero-order valence-corrected chi connectivity index (χ0v) is 27.5. The maximum Gasteiger partial charge on any atom is 0.328 e. The van der Waals surface area contributed by atoms with Gasteiger partial charge in [0.2, 0.25) is 23.5 Å². The molecule has 2 heterocycles. The first-order valence-electron chi connectivity index (χ1n) is 15.6. The maximum atomic E-state index is 14.2.